The number of hydrogen-bond donors (Lipinski definition) is 2. The highest BCUT2D eigenvalue weighted by Crippen LogP contribution is 2.19. The molecule has 0 amide bonds. The van der Waals surface area contributed by atoms with Crippen LogP contribution in [0, 0.1) is 6.92 Å². The molecule has 0 aliphatic rings. The van der Waals surface area contributed by atoms with Crippen molar-refractivity contribution in [3.8, 4) is 0 Å². The van der Waals surface area contributed by atoms with Gasteiger partial charge in [0.15, 0.2) is 0 Å². The smallest absolute Gasteiger partial charge is 0.0702 e. The van der Waals surface area contributed by atoms with Crippen LogP contribution in [-0.2, 0) is 13.2 Å². The maximum absolute atomic E-state index is 9.26. The Kier molecular flexibility index (Phi) is 3.59. The summed E-state index contributed by atoms with van der Waals surface area (Å²) in [6.45, 7) is 2.92. The monoisotopic (exact) mass is 233 g/mol. The predicted molar refractivity (Wildman–Crippen MR) is 68.7 cm³/mol. The number of aliphatic hydroxyl groups excluding tert-OH is 1. The fraction of sp³-hybridized carbons (Fsp3) is 0.231. The highest BCUT2D eigenvalue weighted by molar-refractivity contribution is 7.09. The molecule has 16 heavy (non-hydrogen) atoms. The van der Waals surface area contributed by atoms with Crippen molar-refractivity contribution in [3.63, 3.8) is 0 Å². The quantitative estimate of drug-likeness (QED) is 0.850. The molecule has 1 aromatic heterocycles. The van der Waals surface area contributed by atoms with Crippen LogP contribution in [0.15, 0.2) is 35.7 Å². The zero-order valence-corrected chi connectivity index (χ0v) is 10.1. The second-order valence-electron chi connectivity index (χ2n) is 3.75. The maximum atomic E-state index is 9.26. The molecule has 84 valence electrons. The molecule has 0 aliphatic carbocycles. The summed E-state index contributed by atoms with van der Waals surface area (Å²) in [6, 6.07) is 10.2. The third kappa shape index (κ3) is 2.62. The maximum Gasteiger partial charge on any atom is 0.0702 e. The van der Waals surface area contributed by atoms with Crippen molar-refractivity contribution in [1.29, 1.82) is 0 Å². The van der Waals surface area contributed by atoms with E-state index in [0.717, 1.165) is 17.8 Å². The van der Waals surface area contributed by atoms with Gasteiger partial charge in [-0.2, -0.15) is 0 Å². The standard InChI is InChI=1S/C13H15NOS/c1-10-4-5-13(11(7-10)9-15)14-8-12-3-2-6-16-12/h2-7,14-15H,8-9H2,1H3. The Morgan fingerprint density at radius 2 is 2.19 bits per heavy atom. The second kappa shape index (κ2) is 5.14. The van der Waals surface area contributed by atoms with Gasteiger partial charge in [0.25, 0.3) is 0 Å². The molecule has 1 heterocycles. The number of rotatable bonds is 4. The predicted octanol–water partition coefficient (Wildman–Crippen LogP) is 3.16. The Morgan fingerprint density at radius 1 is 1.31 bits per heavy atom. The summed E-state index contributed by atoms with van der Waals surface area (Å²) in [5.41, 5.74) is 3.14. The lowest BCUT2D eigenvalue weighted by atomic mass is 10.1. The van der Waals surface area contributed by atoms with E-state index in [-0.39, 0.29) is 6.61 Å². The van der Waals surface area contributed by atoms with E-state index in [0.29, 0.717) is 0 Å². The molecule has 0 bridgehead atoms. The van der Waals surface area contributed by atoms with Crippen LogP contribution in [-0.4, -0.2) is 5.11 Å². The van der Waals surface area contributed by atoms with E-state index in [2.05, 4.69) is 22.8 Å². The summed E-state index contributed by atoms with van der Waals surface area (Å²) in [5, 5.41) is 14.7. The molecule has 0 radical (unpaired) electrons. The first-order valence-electron chi connectivity index (χ1n) is 5.26. The fourth-order valence-electron chi connectivity index (χ4n) is 1.62. The summed E-state index contributed by atoms with van der Waals surface area (Å²) in [5.74, 6) is 0. The van der Waals surface area contributed by atoms with Crippen molar-refractivity contribution in [2.75, 3.05) is 5.32 Å². The van der Waals surface area contributed by atoms with Gasteiger partial charge in [-0.15, -0.1) is 11.3 Å². The molecule has 0 fully saturated rings. The van der Waals surface area contributed by atoms with Crippen LogP contribution in [0.4, 0.5) is 5.69 Å². The molecule has 0 saturated heterocycles. The number of aryl methyl sites for hydroxylation is 1. The number of anilines is 1. The Morgan fingerprint density at radius 3 is 2.88 bits per heavy atom. The highest BCUT2D eigenvalue weighted by Gasteiger charge is 2.01. The van der Waals surface area contributed by atoms with Gasteiger partial charge in [-0.25, -0.2) is 0 Å². The average molecular weight is 233 g/mol. The lowest BCUT2D eigenvalue weighted by Gasteiger charge is -2.10. The Labute approximate surface area is 99.6 Å². The van der Waals surface area contributed by atoms with Gasteiger partial charge >= 0.3 is 0 Å². The van der Waals surface area contributed by atoms with Crippen LogP contribution in [0.2, 0.25) is 0 Å². The van der Waals surface area contributed by atoms with Gasteiger partial charge in [0.2, 0.25) is 0 Å². The molecule has 0 saturated carbocycles. The molecule has 3 heteroatoms. The minimum absolute atomic E-state index is 0.0778. The minimum atomic E-state index is 0.0778. The van der Waals surface area contributed by atoms with Gasteiger partial charge in [0.05, 0.1) is 6.61 Å². The number of aliphatic hydroxyl groups is 1. The van der Waals surface area contributed by atoms with Crippen molar-refractivity contribution >= 4 is 17.0 Å². The molecule has 2 nitrogen and oxygen atoms in total. The minimum Gasteiger partial charge on any atom is -0.392 e. The van der Waals surface area contributed by atoms with Crippen LogP contribution >= 0.6 is 11.3 Å². The first kappa shape index (κ1) is 11.2. The van der Waals surface area contributed by atoms with Crippen molar-refractivity contribution in [3.05, 3.63) is 51.7 Å². The van der Waals surface area contributed by atoms with E-state index in [9.17, 15) is 5.11 Å². The zero-order chi connectivity index (χ0) is 11.4. The third-order valence-electron chi connectivity index (χ3n) is 2.46. The van der Waals surface area contributed by atoms with Crippen molar-refractivity contribution in [2.45, 2.75) is 20.1 Å². The molecule has 0 unspecified atom stereocenters. The molecule has 1 aromatic carbocycles. The number of benzene rings is 1. The van der Waals surface area contributed by atoms with Crippen LogP contribution in [0.3, 0.4) is 0 Å². The Bertz CT molecular complexity index is 451. The fourth-order valence-corrected chi connectivity index (χ4v) is 2.27. The van der Waals surface area contributed by atoms with E-state index < -0.39 is 0 Å². The molecule has 2 N–H and O–H groups in total. The average Bonchev–Trinajstić information content (AvgIpc) is 2.80. The lowest BCUT2D eigenvalue weighted by Crippen LogP contribution is -2.01. The molecule has 2 aromatic rings. The Hall–Kier alpha value is -1.32. The van der Waals surface area contributed by atoms with Gasteiger partial charge in [0.1, 0.15) is 0 Å². The van der Waals surface area contributed by atoms with Gasteiger partial charge < -0.3 is 10.4 Å². The highest BCUT2D eigenvalue weighted by atomic mass is 32.1. The summed E-state index contributed by atoms with van der Waals surface area (Å²) >= 11 is 1.73. The van der Waals surface area contributed by atoms with Crippen LogP contribution in [0.1, 0.15) is 16.0 Å². The van der Waals surface area contributed by atoms with Crippen LogP contribution < -0.4 is 5.32 Å². The summed E-state index contributed by atoms with van der Waals surface area (Å²) in [7, 11) is 0. The van der Waals surface area contributed by atoms with E-state index in [1.807, 2.05) is 25.1 Å². The van der Waals surface area contributed by atoms with E-state index in [1.165, 1.54) is 10.4 Å². The van der Waals surface area contributed by atoms with Crippen molar-refractivity contribution in [1.82, 2.24) is 0 Å². The second-order valence-corrected chi connectivity index (χ2v) is 4.78. The summed E-state index contributed by atoms with van der Waals surface area (Å²) in [6.07, 6.45) is 0. The van der Waals surface area contributed by atoms with Gasteiger partial charge in [-0.3, -0.25) is 0 Å². The molecular formula is C13H15NOS. The first-order chi connectivity index (χ1) is 7.79. The van der Waals surface area contributed by atoms with Crippen molar-refractivity contribution < 1.29 is 5.11 Å². The summed E-state index contributed by atoms with van der Waals surface area (Å²) < 4.78 is 0. The molecular weight excluding hydrogens is 218 g/mol. The van der Waals surface area contributed by atoms with Crippen LogP contribution in [0.5, 0.6) is 0 Å². The lowest BCUT2D eigenvalue weighted by molar-refractivity contribution is 0.282. The van der Waals surface area contributed by atoms with Gasteiger partial charge in [0, 0.05) is 22.7 Å². The molecule has 0 atom stereocenters. The third-order valence-corrected chi connectivity index (χ3v) is 3.34. The van der Waals surface area contributed by atoms with E-state index >= 15 is 0 Å². The zero-order valence-electron chi connectivity index (χ0n) is 9.23. The van der Waals surface area contributed by atoms with E-state index in [1.54, 1.807) is 11.3 Å². The Balaban J connectivity index is 2.09. The van der Waals surface area contributed by atoms with Crippen LogP contribution in [0.25, 0.3) is 0 Å². The number of nitrogens with one attached hydrogen (secondary N) is 1. The summed E-state index contributed by atoms with van der Waals surface area (Å²) in [4.78, 5) is 1.30. The molecule has 2 rings (SSSR count). The number of hydrogen-bond acceptors (Lipinski definition) is 3. The molecule has 0 spiro atoms. The van der Waals surface area contributed by atoms with Crippen molar-refractivity contribution in [2.24, 2.45) is 0 Å². The van der Waals surface area contributed by atoms with Gasteiger partial charge in [-0.1, -0.05) is 23.8 Å². The SMILES string of the molecule is Cc1ccc(NCc2cccs2)c(CO)c1. The normalized spacial score (nSPS) is 10.4. The number of thiophene rings is 1. The largest absolute Gasteiger partial charge is 0.392 e. The van der Waals surface area contributed by atoms with Gasteiger partial charge in [-0.05, 0) is 24.4 Å². The first-order valence-corrected chi connectivity index (χ1v) is 6.14. The topological polar surface area (TPSA) is 32.3 Å². The molecule has 0 aliphatic heterocycles. The van der Waals surface area contributed by atoms with E-state index in [4.69, 9.17) is 0 Å².